The lowest BCUT2D eigenvalue weighted by molar-refractivity contribution is -0.140. The molecule has 0 saturated carbocycles. The topological polar surface area (TPSA) is 99.7 Å². The van der Waals surface area contributed by atoms with Gasteiger partial charge in [-0.3, -0.25) is 14.6 Å². The predicted molar refractivity (Wildman–Crippen MR) is 150 cm³/mol. The van der Waals surface area contributed by atoms with Crippen LogP contribution in [0.5, 0.6) is 0 Å². The number of aromatic nitrogens is 1. The Balaban J connectivity index is 1.42. The van der Waals surface area contributed by atoms with Crippen LogP contribution in [0.15, 0.2) is 78.0 Å². The van der Waals surface area contributed by atoms with Crippen LogP contribution in [0.2, 0.25) is 5.02 Å². The van der Waals surface area contributed by atoms with E-state index in [-0.39, 0.29) is 29.7 Å². The molecular formula is C29H33ClN4O4S. The zero-order valence-corrected chi connectivity index (χ0v) is 23.5. The molecule has 1 atom stereocenters. The fourth-order valence-electron chi connectivity index (χ4n) is 4.51. The van der Waals surface area contributed by atoms with Crippen molar-refractivity contribution in [1.29, 1.82) is 0 Å². The minimum atomic E-state index is -3.48. The van der Waals surface area contributed by atoms with Crippen molar-refractivity contribution >= 4 is 33.4 Å². The second kappa shape index (κ2) is 13.2. The van der Waals surface area contributed by atoms with Crippen LogP contribution in [-0.4, -0.2) is 53.6 Å². The summed E-state index contributed by atoms with van der Waals surface area (Å²) in [6.07, 6.45) is 5.71. The Hall–Kier alpha value is -3.27. The summed E-state index contributed by atoms with van der Waals surface area (Å²) in [5, 5.41) is 3.48. The minimum Gasteiger partial charge on any atom is -0.350 e. The van der Waals surface area contributed by atoms with Crippen molar-refractivity contribution in [3.63, 3.8) is 0 Å². The van der Waals surface area contributed by atoms with Crippen molar-refractivity contribution in [3.05, 3.63) is 94.8 Å². The van der Waals surface area contributed by atoms with Gasteiger partial charge in [0.15, 0.2) is 0 Å². The molecule has 206 valence electrons. The van der Waals surface area contributed by atoms with Crippen molar-refractivity contribution in [2.24, 2.45) is 0 Å². The standard InChI is InChI=1S/C29H33ClN4O4S/c1-22(29(36)32-20-25-5-4-16-31-19-25)34(21-24-6-11-26(30)12-7-24)28(35)15-10-23-8-13-27(14-9-23)39(37,38)33-17-2-3-18-33/h4-9,11-14,16,19,22H,2-3,10,15,17-18,20-21H2,1H3,(H,32,36)/t22-/m0/s1. The molecule has 0 unspecified atom stereocenters. The second-order valence-electron chi connectivity index (χ2n) is 9.66. The maximum absolute atomic E-state index is 13.4. The second-order valence-corrected chi connectivity index (χ2v) is 12.0. The first-order valence-electron chi connectivity index (χ1n) is 13.0. The number of carbonyl (C=O) groups excluding carboxylic acids is 2. The lowest BCUT2D eigenvalue weighted by Crippen LogP contribution is -2.47. The molecule has 1 aliphatic rings. The first kappa shape index (κ1) is 28.7. The van der Waals surface area contributed by atoms with Crippen molar-refractivity contribution < 1.29 is 18.0 Å². The number of amides is 2. The summed E-state index contributed by atoms with van der Waals surface area (Å²) in [6.45, 7) is 3.38. The molecular weight excluding hydrogens is 536 g/mol. The van der Waals surface area contributed by atoms with Crippen molar-refractivity contribution in [2.45, 2.75) is 56.6 Å². The van der Waals surface area contributed by atoms with Gasteiger partial charge in [0.05, 0.1) is 4.90 Å². The van der Waals surface area contributed by atoms with E-state index in [0.717, 1.165) is 29.5 Å². The molecule has 1 aliphatic heterocycles. The van der Waals surface area contributed by atoms with E-state index in [1.165, 1.54) is 4.31 Å². The molecule has 0 bridgehead atoms. The third kappa shape index (κ3) is 7.65. The number of rotatable bonds is 11. The van der Waals surface area contributed by atoms with Crippen molar-refractivity contribution in [3.8, 4) is 0 Å². The fourth-order valence-corrected chi connectivity index (χ4v) is 6.15. The molecule has 0 radical (unpaired) electrons. The highest BCUT2D eigenvalue weighted by Gasteiger charge is 2.28. The highest BCUT2D eigenvalue weighted by Crippen LogP contribution is 2.22. The van der Waals surface area contributed by atoms with E-state index in [2.05, 4.69) is 10.3 Å². The van der Waals surface area contributed by atoms with Gasteiger partial charge in [0, 0.05) is 50.0 Å². The van der Waals surface area contributed by atoms with Gasteiger partial charge in [0.25, 0.3) is 0 Å². The average Bonchev–Trinajstić information content (AvgIpc) is 3.51. The summed E-state index contributed by atoms with van der Waals surface area (Å²) in [5.74, 6) is -0.444. The zero-order valence-electron chi connectivity index (χ0n) is 21.9. The molecule has 3 aromatic rings. The van der Waals surface area contributed by atoms with Gasteiger partial charge < -0.3 is 10.2 Å². The summed E-state index contributed by atoms with van der Waals surface area (Å²) in [6, 6.07) is 16.9. The number of hydrogen-bond donors (Lipinski definition) is 1. The quantitative estimate of drug-likeness (QED) is 0.374. The highest BCUT2D eigenvalue weighted by molar-refractivity contribution is 7.89. The van der Waals surface area contributed by atoms with Gasteiger partial charge in [0.2, 0.25) is 21.8 Å². The molecule has 0 spiro atoms. The van der Waals surface area contributed by atoms with Crippen LogP contribution in [0.3, 0.4) is 0 Å². The average molecular weight is 569 g/mol. The first-order valence-corrected chi connectivity index (χ1v) is 14.9. The smallest absolute Gasteiger partial charge is 0.243 e. The third-order valence-corrected chi connectivity index (χ3v) is 9.04. The number of pyridine rings is 1. The molecule has 2 amide bonds. The van der Waals surface area contributed by atoms with E-state index in [1.54, 1.807) is 66.7 Å². The van der Waals surface area contributed by atoms with Crippen molar-refractivity contribution in [2.75, 3.05) is 13.1 Å². The first-order chi connectivity index (χ1) is 18.7. The fraction of sp³-hybridized carbons (Fsp3) is 0.345. The van der Waals surface area contributed by atoms with Crippen LogP contribution in [0.1, 0.15) is 42.9 Å². The molecule has 4 rings (SSSR count). The van der Waals surface area contributed by atoms with Gasteiger partial charge in [-0.1, -0.05) is 41.9 Å². The summed E-state index contributed by atoms with van der Waals surface area (Å²) < 4.78 is 27.1. The Morgan fingerprint density at radius 1 is 1.00 bits per heavy atom. The van der Waals surface area contributed by atoms with Gasteiger partial charge in [-0.15, -0.1) is 0 Å². The molecule has 1 saturated heterocycles. The molecule has 1 N–H and O–H groups in total. The van der Waals surface area contributed by atoms with E-state index >= 15 is 0 Å². The van der Waals surface area contributed by atoms with Crippen LogP contribution >= 0.6 is 11.6 Å². The number of halogens is 1. The number of aryl methyl sites for hydroxylation is 1. The molecule has 2 heterocycles. The maximum Gasteiger partial charge on any atom is 0.243 e. The number of nitrogens with one attached hydrogen (secondary N) is 1. The van der Waals surface area contributed by atoms with E-state index in [0.29, 0.717) is 31.1 Å². The van der Waals surface area contributed by atoms with Crippen LogP contribution in [0, 0.1) is 0 Å². The predicted octanol–water partition coefficient (Wildman–Crippen LogP) is 4.19. The van der Waals surface area contributed by atoms with Gasteiger partial charge in [-0.2, -0.15) is 4.31 Å². The molecule has 1 aromatic heterocycles. The largest absolute Gasteiger partial charge is 0.350 e. The van der Waals surface area contributed by atoms with Crippen LogP contribution in [0.4, 0.5) is 0 Å². The van der Waals surface area contributed by atoms with E-state index < -0.39 is 16.1 Å². The van der Waals surface area contributed by atoms with Gasteiger partial charge >= 0.3 is 0 Å². The Kier molecular flexibility index (Phi) is 9.72. The van der Waals surface area contributed by atoms with E-state index in [9.17, 15) is 18.0 Å². The molecule has 39 heavy (non-hydrogen) atoms. The Morgan fingerprint density at radius 3 is 2.31 bits per heavy atom. The number of hydrogen-bond acceptors (Lipinski definition) is 5. The molecule has 10 heteroatoms. The zero-order chi connectivity index (χ0) is 27.8. The SMILES string of the molecule is C[C@@H](C(=O)NCc1cccnc1)N(Cc1ccc(Cl)cc1)C(=O)CCc1ccc(S(=O)(=O)N2CCCC2)cc1. The normalized spacial score (nSPS) is 14.6. The Morgan fingerprint density at radius 2 is 1.67 bits per heavy atom. The molecule has 0 aliphatic carbocycles. The van der Waals surface area contributed by atoms with Crippen molar-refractivity contribution in [1.82, 2.24) is 19.5 Å². The van der Waals surface area contributed by atoms with Gasteiger partial charge in [-0.05, 0) is 73.2 Å². The molecule has 2 aromatic carbocycles. The summed E-state index contributed by atoms with van der Waals surface area (Å²) in [4.78, 5) is 32.3. The van der Waals surface area contributed by atoms with E-state index in [1.807, 2.05) is 18.2 Å². The van der Waals surface area contributed by atoms with E-state index in [4.69, 9.17) is 11.6 Å². The molecule has 1 fully saturated rings. The number of nitrogens with zero attached hydrogens (tertiary/aromatic N) is 3. The molecule has 8 nitrogen and oxygen atoms in total. The highest BCUT2D eigenvalue weighted by atomic mass is 35.5. The van der Waals surface area contributed by atoms with Gasteiger partial charge in [-0.25, -0.2) is 8.42 Å². The maximum atomic E-state index is 13.4. The number of carbonyl (C=O) groups is 2. The Labute approximate surface area is 235 Å². The summed E-state index contributed by atoms with van der Waals surface area (Å²) >= 11 is 6.03. The van der Waals surface area contributed by atoms with Crippen LogP contribution < -0.4 is 5.32 Å². The summed E-state index contributed by atoms with van der Waals surface area (Å²) in [5.41, 5.74) is 2.57. The van der Waals surface area contributed by atoms with Crippen LogP contribution in [0.25, 0.3) is 0 Å². The van der Waals surface area contributed by atoms with Gasteiger partial charge in [0.1, 0.15) is 6.04 Å². The lowest BCUT2D eigenvalue weighted by atomic mass is 10.1. The lowest BCUT2D eigenvalue weighted by Gasteiger charge is -2.29. The third-order valence-electron chi connectivity index (χ3n) is 6.88. The minimum absolute atomic E-state index is 0.173. The monoisotopic (exact) mass is 568 g/mol. The Bertz CT molecular complexity index is 1360. The number of benzene rings is 2. The van der Waals surface area contributed by atoms with Crippen LogP contribution in [-0.2, 0) is 39.1 Å². The summed E-state index contributed by atoms with van der Waals surface area (Å²) in [7, 11) is -3.48. The number of sulfonamides is 1.